The van der Waals surface area contributed by atoms with E-state index in [0.29, 0.717) is 5.92 Å². The molecule has 1 saturated heterocycles. The summed E-state index contributed by atoms with van der Waals surface area (Å²) in [5, 5.41) is 6.71. The van der Waals surface area contributed by atoms with Gasteiger partial charge in [0.05, 0.1) is 5.69 Å². The normalized spacial score (nSPS) is 19.7. The second kappa shape index (κ2) is 8.11. The molecule has 2 aromatic heterocycles. The van der Waals surface area contributed by atoms with Crippen molar-refractivity contribution < 1.29 is 0 Å². The van der Waals surface area contributed by atoms with Crippen LogP contribution in [-0.4, -0.2) is 44.3 Å². The average Bonchev–Trinajstić information content (AvgIpc) is 3.16. The number of benzene rings is 1. The van der Waals surface area contributed by atoms with Gasteiger partial charge in [0.1, 0.15) is 5.82 Å². The summed E-state index contributed by atoms with van der Waals surface area (Å²) in [5.74, 6) is 2.06. The molecule has 2 fully saturated rings. The van der Waals surface area contributed by atoms with E-state index in [1.54, 1.807) is 6.20 Å². The molecule has 6 heteroatoms. The summed E-state index contributed by atoms with van der Waals surface area (Å²) in [5.41, 5.74) is 0.654. The van der Waals surface area contributed by atoms with E-state index in [9.17, 15) is 4.79 Å². The fourth-order valence-corrected chi connectivity index (χ4v) is 5.10. The van der Waals surface area contributed by atoms with E-state index in [4.69, 9.17) is 5.10 Å². The maximum absolute atomic E-state index is 12.7. The van der Waals surface area contributed by atoms with E-state index in [1.807, 2.05) is 30.5 Å². The second-order valence-corrected chi connectivity index (χ2v) is 8.68. The smallest absolute Gasteiger partial charge is 0.303 e. The lowest BCUT2D eigenvalue weighted by molar-refractivity contribution is 0.162. The molecule has 0 amide bonds. The standard InChI is InChI=1S/C23H29N5O/c29-23-25-22(18-10-13-27(14-11-18)16-17-5-2-1-3-6-17)26-28(23)21-8-4-7-19-15-24-12-9-20(19)21/h4,7-9,12,15,17-18H,1-3,5-6,10-11,13-14,16H2,(H,25,26,29). The number of aromatic amines is 1. The molecule has 1 aromatic carbocycles. The van der Waals surface area contributed by atoms with Crippen molar-refractivity contribution in [2.75, 3.05) is 19.6 Å². The minimum absolute atomic E-state index is 0.158. The molecule has 0 spiro atoms. The first-order valence-electron chi connectivity index (χ1n) is 11.0. The summed E-state index contributed by atoms with van der Waals surface area (Å²) in [6.07, 6.45) is 12.7. The lowest BCUT2D eigenvalue weighted by Gasteiger charge is -2.34. The van der Waals surface area contributed by atoms with Gasteiger partial charge in [0, 0.05) is 35.6 Å². The van der Waals surface area contributed by atoms with Gasteiger partial charge < -0.3 is 4.90 Å². The van der Waals surface area contributed by atoms with Crippen LogP contribution in [-0.2, 0) is 0 Å². The number of hydrogen-bond donors (Lipinski definition) is 1. The van der Waals surface area contributed by atoms with Crippen molar-refractivity contribution in [2.24, 2.45) is 5.92 Å². The van der Waals surface area contributed by atoms with Gasteiger partial charge in [-0.2, -0.15) is 4.68 Å². The Balaban J connectivity index is 1.30. The van der Waals surface area contributed by atoms with Crippen LogP contribution >= 0.6 is 0 Å². The van der Waals surface area contributed by atoms with Gasteiger partial charge >= 0.3 is 5.69 Å². The number of likely N-dealkylation sites (tertiary alicyclic amines) is 1. The van der Waals surface area contributed by atoms with E-state index in [2.05, 4.69) is 14.9 Å². The molecule has 1 N–H and O–H groups in total. The quantitative estimate of drug-likeness (QED) is 0.733. The minimum Gasteiger partial charge on any atom is -0.303 e. The highest BCUT2D eigenvalue weighted by atomic mass is 16.1. The maximum Gasteiger partial charge on any atom is 0.348 e. The van der Waals surface area contributed by atoms with E-state index in [-0.39, 0.29) is 5.69 Å². The lowest BCUT2D eigenvalue weighted by atomic mass is 9.88. The van der Waals surface area contributed by atoms with Crippen LogP contribution in [0.5, 0.6) is 0 Å². The fourth-order valence-electron chi connectivity index (χ4n) is 5.10. The first kappa shape index (κ1) is 18.6. The van der Waals surface area contributed by atoms with Gasteiger partial charge in [-0.15, -0.1) is 5.10 Å². The Kier molecular flexibility index (Phi) is 5.19. The molecule has 29 heavy (non-hydrogen) atoms. The van der Waals surface area contributed by atoms with E-state index >= 15 is 0 Å². The zero-order chi connectivity index (χ0) is 19.6. The van der Waals surface area contributed by atoms with E-state index in [0.717, 1.165) is 54.1 Å². The van der Waals surface area contributed by atoms with Crippen molar-refractivity contribution in [1.82, 2.24) is 24.6 Å². The number of fused-ring (bicyclic) bond motifs is 1. The molecule has 2 aliphatic rings. The first-order chi connectivity index (χ1) is 14.3. The van der Waals surface area contributed by atoms with Gasteiger partial charge in [-0.3, -0.25) is 9.97 Å². The molecule has 3 heterocycles. The van der Waals surface area contributed by atoms with Crippen LogP contribution in [0.15, 0.2) is 41.5 Å². The third-order valence-corrected chi connectivity index (χ3v) is 6.74. The third kappa shape index (κ3) is 3.86. The number of rotatable bonds is 4. The Labute approximate surface area is 171 Å². The molecule has 0 bridgehead atoms. The maximum atomic E-state index is 12.7. The van der Waals surface area contributed by atoms with Crippen LogP contribution in [0.3, 0.4) is 0 Å². The molecule has 1 aliphatic heterocycles. The predicted molar refractivity (Wildman–Crippen MR) is 114 cm³/mol. The Morgan fingerprint density at radius 2 is 1.86 bits per heavy atom. The SMILES string of the molecule is O=c1[nH]c(C2CCN(CC3CCCCC3)CC2)nn1-c1cccc2cnccc12. The summed E-state index contributed by atoms with van der Waals surface area (Å²) in [6, 6.07) is 7.84. The molecule has 152 valence electrons. The number of nitrogens with zero attached hydrogens (tertiary/aromatic N) is 4. The monoisotopic (exact) mass is 391 g/mol. The van der Waals surface area contributed by atoms with Crippen LogP contribution in [0.25, 0.3) is 16.5 Å². The van der Waals surface area contributed by atoms with Crippen molar-refractivity contribution in [1.29, 1.82) is 0 Å². The first-order valence-corrected chi connectivity index (χ1v) is 11.0. The highest BCUT2D eigenvalue weighted by Gasteiger charge is 2.26. The Morgan fingerprint density at radius 3 is 2.69 bits per heavy atom. The zero-order valence-electron chi connectivity index (χ0n) is 16.9. The molecular weight excluding hydrogens is 362 g/mol. The summed E-state index contributed by atoms with van der Waals surface area (Å²) in [6.45, 7) is 3.47. The number of pyridine rings is 1. The lowest BCUT2D eigenvalue weighted by Crippen LogP contribution is -2.37. The van der Waals surface area contributed by atoms with Crippen molar-refractivity contribution >= 4 is 10.8 Å². The van der Waals surface area contributed by atoms with Crippen molar-refractivity contribution in [2.45, 2.75) is 50.9 Å². The van der Waals surface area contributed by atoms with E-state index < -0.39 is 0 Å². The summed E-state index contributed by atoms with van der Waals surface area (Å²) >= 11 is 0. The van der Waals surface area contributed by atoms with Crippen LogP contribution in [0.1, 0.15) is 56.7 Å². The Hall–Kier alpha value is -2.47. The predicted octanol–water partition coefficient (Wildman–Crippen LogP) is 3.87. The van der Waals surface area contributed by atoms with Crippen LogP contribution < -0.4 is 5.69 Å². The number of H-pyrrole nitrogens is 1. The largest absolute Gasteiger partial charge is 0.348 e. The molecule has 0 radical (unpaired) electrons. The van der Waals surface area contributed by atoms with Crippen molar-refractivity contribution in [3.63, 3.8) is 0 Å². The van der Waals surface area contributed by atoms with Gasteiger partial charge in [-0.1, -0.05) is 31.4 Å². The topological polar surface area (TPSA) is 66.8 Å². The molecule has 6 nitrogen and oxygen atoms in total. The van der Waals surface area contributed by atoms with Gasteiger partial charge in [0.15, 0.2) is 0 Å². The molecule has 0 unspecified atom stereocenters. The highest BCUT2D eigenvalue weighted by Crippen LogP contribution is 2.29. The molecule has 3 aromatic rings. The summed E-state index contributed by atoms with van der Waals surface area (Å²) < 4.78 is 1.52. The van der Waals surface area contributed by atoms with Crippen molar-refractivity contribution in [3.8, 4) is 5.69 Å². The molecule has 0 atom stereocenters. The van der Waals surface area contributed by atoms with Gasteiger partial charge in [0.25, 0.3) is 0 Å². The molecule has 5 rings (SSSR count). The minimum atomic E-state index is -0.158. The van der Waals surface area contributed by atoms with Crippen LogP contribution in [0.4, 0.5) is 0 Å². The van der Waals surface area contributed by atoms with Gasteiger partial charge in [0.2, 0.25) is 0 Å². The van der Waals surface area contributed by atoms with Gasteiger partial charge in [-0.25, -0.2) is 4.79 Å². The summed E-state index contributed by atoms with van der Waals surface area (Å²) in [7, 11) is 0. The second-order valence-electron chi connectivity index (χ2n) is 8.68. The zero-order valence-corrected chi connectivity index (χ0v) is 16.9. The van der Waals surface area contributed by atoms with Crippen molar-refractivity contribution in [3.05, 3.63) is 53.0 Å². The number of aromatic nitrogens is 4. The van der Waals surface area contributed by atoms with Crippen LogP contribution in [0.2, 0.25) is 0 Å². The number of nitrogens with one attached hydrogen (secondary N) is 1. The number of hydrogen-bond acceptors (Lipinski definition) is 4. The van der Waals surface area contributed by atoms with Crippen LogP contribution in [0, 0.1) is 5.92 Å². The van der Waals surface area contributed by atoms with Gasteiger partial charge in [-0.05, 0) is 56.8 Å². The third-order valence-electron chi connectivity index (χ3n) is 6.74. The number of piperidine rings is 1. The molecular formula is C23H29N5O. The molecule has 1 aliphatic carbocycles. The Bertz CT molecular complexity index is 1020. The average molecular weight is 392 g/mol. The summed E-state index contributed by atoms with van der Waals surface area (Å²) in [4.78, 5) is 22.5. The van der Waals surface area contributed by atoms with E-state index in [1.165, 1.54) is 43.3 Å². The fraction of sp³-hybridized carbons (Fsp3) is 0.522. The highest BCUT2D eigenvalue weighted by molar-refractivity contribution is 5.89. The molecule has 1 saturated carbocycles. The Morgan fingerprint density at radius 1 is 1.03 bits per heavy atom.